The number of rotatable bonds is 5. The van der Waals surface area contributed by atoms with E-state index < -0.39 is 16.3 Å². The van der Waals surface area contributed by atoms with E-state index in [0.29, 0.717) is 19.7 Å². The van der Waals surface area contributed by atoms with Crippen LogP contribution in [0.15, 0.2) is 17.5 Å². The Bertz CT molecular complexity index is 660. The zero-order valence-electron chi connectivity index (χ0n) is 15.2. The highest BCUT2D eigenvalue weighted by molar-refractivity contribution is 7.87. The number of hydrogen-bond acceptors (Lipinski definition) is 5. The van der Waals surface area contributed by atoms with Gasteiger partial charge in [0.25, 0.3) is 10.2 Å². The molecule has 2 heterocycles. The summed E-state index contributed by atoms with van der Waals surface area (Å²) in [6, 6.07) is 3.56. The van der Waals surface area contributed by atoms with E-state index >= 15 is 0 Å². The minimum absolute atomic E-state index is 0.259. The molecule has 1 saturated heterocycles. The number of ether oxygens (including phenoxy) is 1. The molecule has 0 saturated carbocycles. The summed E-state index contributed by atoms with van der Waals surface area (Å²) in [4.78, 5) is 14.3. The van der Waals surface area contributed by atoms with Crippen LogP contribution in [0.2, 0.25) is 0 Å². The summed E-state index contributed by atoms with van der Waals surface area (Å²) in [7, 11) is -3.64. The number of carbonyl (C=O) groups excluding carboxylic acids is 1. The van der Waals surface area contributed by atoms with Gasteiger partial charge in [-0.2, -0.15) is 17.4 Å². The summed E-state index contributed by atoms with van der Waals surface area (Å²) in [6.45, 7) is 9.28. The third-order valence-corrected chi connectivity index (χ3v) is 6.58. The Kier molecular flexibility index (Phi) is 6.47. The molecule has 0 bridgehead atoms. The van der Waals surface area contributed by atoms with Crippen molar-refractivity contribution in [1.82, 2.24) is 13.9 Å². The average Bonchev–Trinajstić information content (AvgIpc) is 3.06. The molecule has 0 radical (unpaired) electrons. The van der Waals surface area contributed by atoms with Crippen LogP contribution in [0, 0.1) is 5.41 Å². The molecule has 1 aliphatic heterocycles. The van der Waals surface area contributed by atoms with Crippen molar-refractivity contribution in [3.05, 3.63) is 22.4 Å². The Labute approximate surface area is 154 Å². The van der Waals surface area contributed by atoms with Gasteiger partial charge >= 0.3 is 6.09 Å². The molecule has 0 aliphatic carbocycles. The highest BCUT2D eigenvalue weighted by Gasteiger charge is 2.35. The van der Waals surface area contributed by atoms with Gasteiger partial charge in [0, 0.05) is 31.1 Å². The van der Waals surface area contributed by atoms with E-state index in [0.717, 1.165) is 4.88 Å². The van der Waals surface area contributed by atoms with Crippen molar-refractivity contribution >= 4 is 27.6 Å². The van der Waals surface area contributed by atoms with Crippen LogP contribution in [-0.4, -0.2) is 56.5 Å². The molecule has 9 heteroatoms. The van der Waals surface area contributed by atoms with Gasteiger partial charge in [-0.1, -0.05) is 26.8 Å². The second-order valence-electron chi connectivity index (χ2n) is 7.02. The lowest BCUT2D eigenvalue weighted by molar-refractivity contribution is 0.0930. The van der Waals surface area contributed by atoms with Crippen molar-refractivity contribution in [3.8, 4) is 0 Å². The van der Waals surface area contributed by atoms with Crippen LogP contribution in [0.5, 0.6) is 0 Å². The maximum absolute atomic E-state index is 12.8. The molecule has 2 rings (SSSR count). The zero-order valence-corrected chi connectivity index (χ0v) is 16.8. The molecule has 1 amide bonds. The highest BCUT2D eigenvalue weighted by Crippen LogP contribution is 2.36. The number of nitrogens with one attached hydrogen (secondary N) is 1. The molecule has 1 aromatic rings. The van der Waals surface area contributed by atoms with Crippen LogP contribution in [0.3, 0.4) is 0 Å². The largest absolute Gasteiger partial charge is 0.450 e. The van der Waals surface area contributed by atoms with Crippen LogP contribution in [0.4, 0.5) is 4.79 Å². The first-order chi connectivity index (χ1) is 11.6. The monoisotopic (exact) mass is 389 g/mol. The Morgan fingerprint density at radius 3 is 2.44 bits per heavy atom. The molecule has 1 N–H and O–H groups in total. The lowest BCUT2D eigenvalue weighted by atomic mass is 9.86. The van der Waals surface area contributed by atoms with Crippen molar-refractivity contribution < 1.29 is 17.9 Å². The van der Waals surface area contributed by atoms with Crippen molar-refractivity contribution in [3.63, 3.8) is 0 Å². The van der Waals surface area contributed by atoms with E-state index in [1.807, 2.05) is 38.3 Å². The van der Waals surface area contributed by atoms with Crippen LogP contribution >= 0.6 is 11.3 Å². The molecular weight excluding hydrogens is 362 g/mol. The van der Waals surface area contributed by atoms with Crippen LogP contribution in [0.25, 0.3) is 0 Å². The fourth-order valence-electron chi connectivity index (χ4n) is 2.67. The summed E-state index contributed by atoms with van der Waals surface area (Å²) in [5.74, 6) is 0. The third-order valence-electron chi connectivity index (χ3n) is 4.07. The van der Waals surface area contributed by atoms with Gasteiger partial charge in [-0.25, -0.2) is 4.79 Å². The summed E-state index contributed by atoms with van der Waals surface area (Å²) in [5.41, 5.74) is -0.259. The Balaban J connectivity index is 2.05. The van der Waals surface area contributed by atoms with Gasteiger partial charge in [0.15, 0.2) is 0 Å². The standard InChI is InChI=1S/C16H27N3O4S2/c1-5-23-15(20)18-8-10-19(11-9-18)25(21,22)17-14(16(2,3)4)13-7-6-12-24-13/h6-7,12,14,17H,5,8-11H2,1-4H3. The van der Waals surface area contributed by atoms with Crippen molar-refractivity contribution in [2.24, 2.45) is 5.41 Å². The molecule has 1 unspecified atom stereocenters. The summed E-state index contributed by atoms with van der Waals surface area (Å²) in [5, 5.41) is 1.94. The maximum Gasteiger partial charge on any atom is 0.409 e. The van der Waals surface area contributed by atoms with E-state index in [-0.39, 0.29) is 24.5 Å². The van der Waals surface area contributed by atoms with Crippen LogP contribution in [0.1, 0.15) is 38.6 Å². The quantitative estimate of drug-likeness (QED) is 0.839. The van der Waals surface area contributed by atoms with Gasteiger partial charge in [0.2, 0.25) is 0 Å². The zero-order chi connectivity index (χ0) is 18.7. The number of carbonyl (C=O) groups is 1. The molecule has 142 valence electrons. The molecule has 1 fully saturated rings. The van der Waals surface area contributed by atoms with Gasteiger partial charge in [-0.15, -0.1) is 11.3 Å². The second-order valence-corrected chi connectivity index (χ2v) is 9.70. The lowest BCUT2D eigenvalue weighted by Crippen LogP contribution is -2.54. The Morgan fingerprint density at radius 2 is 1.96 bits per heavy atom. The topological polar surface area (TPSA) is 79.0 Å². The smallest absolute Gasteiger partial charge is 0.409 e. The van der Waals surface area contributed by atoms with Gasteiger partial charge in [-0.05, 0) is 23.8 Å². The molecular formula is C16H27N3O4S2. The molecule has 1 atom stereocenters. The molecule has 25 heavy (non-hydrogen) atoms. The number of thiophene rings is 1. The number of hydrogen-bond donors (Lipinski definition) is 1. The van der Waals surface area contributed by atoms with Gasteiger partial charge in [0.1, 0.15) is 0 Å². The van der Waals surface area contributed by atoms with E-state index in [9.17, 15) is 13.2 Å². The predicted molar refractivity (Wildman–Crippen MR) is 98.7 cm³/mol. The summed E-state index contributed by atoms with van der Waals surface area (Å²) in [6.07, 6.45) is -0.390. The van der Waals surface area contributed by atoms with Gasteiger partial charge in [-0.3, -0.25) is 0 Å². The fourth-order valence-corrected chi connectivity index (χ4v) is 5.33. The SMILES string of the molecule is CCOC(=O)N1CCN(S(=O)(=O)NC(c2cccs2)C(C)(C)C)CC1. The first-order valence-electron chi connectivity index (χ1n) is 8.37. The Morgan fingerprint density at radius 1 is 1.32 bits per heavy atom. The van der Waals surface area contributed by atoms with Gasteiger partial charge in [0.05, 0.1) is 12.6 Å². The van der Waals surface area contributed by atoms with Crippen molar-refractivity contribution in [2.45, 2.75) is 33.7 Å². The van der Waals surface area contributed by atoms with Crippen LogP contribution in [-0.2, 0) is 14.9 Å². The van der Waals surface area contributed by atoms with Gasteiger partial charge < -0.3 is 9.64 Å². The van der Waals surface area contributed by atoms with E-state index in [4.69, 9.17) is 4.74 Å². The summed E-state index contributed by atoms with van der Waals surface area (Å²) >= 11 is 1.54. The molecule has 1 aromatic heterocycles. The normalized spacial score (nSPS) is 18.2. The number of nitrogens with zero attached hydrogens (tertiary/aromatic N) is 2. The average molecular weight is 390 g/mol. The van der Waals surface area contributed by atoms with E-state index in [1.165, 1.54) is 9.21 Å². The van der Waals surface area contributed by atoms with Crippen molar-refractivity contribution in [2.75, 3.05) is 32.8 Å². The van der Waals surface area contributed by atoms with E-state index in [1.54, 1.807) is 18.3 Å². The molecule has 7 nitrogen and oxygen atoms in total. The molecule has 1 aliphatic rings. The minimum Gasteiger partial charge on any atom is -0.450 e. The molecule has 0 spiro atoms. The first-order valence-corrected chi connectivity index (χ1v) is 10.7. The van der Waals surface area contributed by atoms with Crippen LogP contribution < -0.4 is 4.72 Å². The maximum atomic E-state index is 12.8. The number of amides is 1. The Hall–Kier alpha value is -1.16. The van der Waals surface area contributed by atoms with E-state index in [2.05, 4.69) is 4.72 Å². The first kappa shape index (κ1) is 20.2. The highest BCUT2D eigenvalue weighted by atomic mass is 32.2. The predicted octanol–water partition coefficient (Wildman–Crippen LogP) is 2.44. The third kappa shape index (κ3) is 5.16. The number of piperazine rings is 1. The summed E-state index contributed by atoms with van der Waals surface area (Å²) < 4.78 is 34.9. The lowest BCUT2D eigenvalue weighted by Gasteiger charge is -2.36. The van der Waals surface area contributed by atoms with Crippen molar-refractivity contribution in [1.29, 1.82) is 0 Å². The fraction of sp³-hybridized carbons (Fsp3) is 0.688. The second kappa shape index (κ2) is 8.03. The molecule has 0 aromatic carbocycles. The minimum atomic E-state index is -3.64.